The lowest BCUT2D eigenvalue weighted by atomic mass is 10.1. The molecule has 0 aliphatic heterocycles. The molecule has 2 N–H and O–H groups in total. The Labute approximate surface area is 146 Å². The van der Waals surface area contributed by atoms with E-state index in [0.717, 1.165) is 16.9 Å². The first-order valence-corrected chi connectivity index (χ1v) is 7.93. The number of hydrogen-bond donors (Lipinski definition) is 2. The summed E-state index contributed by atoms with van der Waals surface area (Å²) in [6.07, 6.45) is -0.301. The Morgan fingerprint density at radius 2 is 1.79 bits per heavy atom. The van der Waals surface area contributed by atoms with Crippen LogP contribution in [0.15, 0.2) is 48.5 Å². The Morgan fingerprint density at radius 1 is 1.08 bits per heavy atom. The molecule has 128 valence electrons. The van der Waals surface area contributed by atoms with Crippen molar-refractivity contribution in [2.24, 2.45) is 0 Å². The largest absolute Gasteiger partial charge is 0.497 e. The molecule has 6 heteroatoms. The van der Waals surface area contributed by atoms with Crippen molar-refractivity contribution < 1.29 is 14.3 Å². The number of hydrogen-bond acceptors (Lipinski definition) is 3. The van der Waals surface area contributed by atoms with Crippen LogP contribution < -0.4 is 15.4 Å². The lowest BCUT2D eigenvalue weighted by Crippen LogP contribution is -2.37. The van der Waals surface area contributed by atoms with Gasteiger partial charge in [-0.15, -0.1) is 0 Å². The van der Waals surface area contributed by atoms with E-state index in [1.807, 2.05) is 42.5 Å². The van der Waals surface area contributed by atoms with Gasteiger partial charge in [0.05, 0.1) is 7.11 Å². The van der Waals surface area contributed by atoms with Gasteiger partial charge in [-0.25, -0.2) is 4.79 Å². The summed E-state index contributed by atoms with van der Waals surface area (Å²) >= 11 is 6.16. The highest BCUT2D eigenvalue weighted by Crippen LogP contribution is 2.24. The van der Waals surface area contributed by atoms with Gasteiger partial charge in [0.15, 0.2) is 0 Å². The van der Waals surface area contributed by atoms with E-state index in [2.05, 4.69) is 10.6 Å². The van der Waals surface area contributed by atoms with Gasteiger partial charge in [-0.1, -0.05) is 41.9 Å². The zero-order valence-corrected chi connectivity index (χ0v) is 14.5. The Hall–Kier alpha value is -2.24. The highest BCUT2D eigenvalue weighted by Gasteiger charge is 2.14. The molecule has 0 saturated carbocycles. The summed E-state index contributed by atoms with van der Waals surface area (Å²) in [6.45, 7) is 0.758. The van der Waals surface area contributed by atoms with Gasteiger partial charge in [0.1, 0.15) is 11.9 Å². The SMILES string of the molecule is COc1ccc(CNC(=O)NCC(OC)c2ccccc2Cl)cc1. The monoisotopic (exact) mass is 348 g/mol. The molecule has 1 atom stereocenters. The molecule has 0 aliphatic carbocycles. The van der Waals surface area contributed by atoms with E-state index in [1.165, 1.54) is 0 Å². The predicted molar refractivity (Wildman–Crippen MR) is 94.4 cm³/mol. The van der Waals surface area contributed by atoms with Gasteiger partial charge >= 0.3 is 6.03 Å². The molecule has 0 radical (unpaired) electrons. The molecule has 1 unspecified atom stereocenters. The number of halogens is 1. The van der Waals surface area contributed by atoms with Gasteiger partial charge in [-0.3, -0.25) is 0 Å². The average molecular weight is 349 g/mol. The maximum Gasteiger partial charge on any atom is 0.315 e. The summed E-state index contributed by atoms with van der Waals surface area (Å²) in [5.41, 5.74) is 1.83. The van der Waals surface area contributed by atoms with E-state index in [0.29, 0.717) is 18.1 Å². The maximum atomic E-state index is 11.9. The third-order valence-electron chi connectivity index (χ3n) is 3.60. The maximum absolute atomic E-state index is 11.9. The van der Waals surface area contributed by atoms with Crippen LogP contribution in [0.2, 0.25) is 5.02 Å². The molecular weight excluding hydrogens is 328 g/mol. The van der Waals surface area contributed by atoms with E-state index in [9.17, 15) is 4.79 Å². The van der Waals surface area contributed by atoms with Crippen LogP contribution in [0.5, 0.6) is 5.75 Å². The third kappa shape index (κ3) is 5.15. The van der Waals surface area contributed by atoms with Crippen molar-refractivity contribution in [3.05, 3.63) is 64.7 Å². The van der Waals surface area contributed by atoms with E-state index < -0.39 is 0 Å². The van der Waals surface area contributed by atoms with Crippen molar-refractivity contribution >= 4 is 17.6 Å². The molecule has 2 amide bonds. The van der Waals surface area contributed by atoms with E-state index in [-0.39, 0.29) is 12.1 Å². The molecular formula is C18H21ClN2O3. The first kappa shape index (κ1) is 18.1. The number of methoxy groups -OCH3 is 2. The first-order valence-electron chi connectivity index (χ1n) is 7.56. The van der Waals surface area contributed by atoms with Crippen molar-refractivity contribution in [2.75, 3.05) is 20.8 Å². The molecule has 0 aliphatic rings. The Bertz CT molecular complexity index is 662. The summed E-state index contributed by atoms with van der Waals surface area (Å²) in [5, 5.41) is 6.21. The van der Waals surface area contributed by atoms with Crippen molar-refractivity contribution in [1.82, 2.24) is 10.6 Å². The highest BCUT2D eigenvalue weighted by molar-refractivity contribution is 6.31. The minimum atomic E-state index is -0.301. The van der Waals surface area contributed by atoms with Crippen molar-refractivity contribution in [2.45, 2.75) is 12.6 Å². The number of benzene rings is 2. The van der Waals surface area contributed by atoms with Crippen LogP contribution in [0, 0.1) is 0 Å². The molecule has 24 heavy (non-hydrogen) atoms. The Kier molecular flexibility index (Phi) is 6.90. The summed E-state index contributed by atoms with van der Waals surface area (Å²) in [5.74, 6) is 0.783. The molecule has 2 rings (SSSR count). The topological polar surface area (TPSA) is 59.6 Å². The van der Waals surface area contributed by atoms with E-state index >= 15 is 0 Å². The lowest BCUT2D eigenvalue weighted by molar-refractivity contribution is 0.104. The molecule has 0 saturated heterocycles. The number of amides is 2. The van der Waals surface area contributed by atoms with Crippen LogP contribution in [-0.4, -0.2) is 26.8 Å². The normalized spacial score (nSPS) is 11.6. The minimum absolute atomic E-state index is 0.264. The number of carbonyl (C=O) groups excluding carboxylic acids is 1. The number of urea groups is 1. The van der Waals surface area contributed by atoms with Gasteiger partial charge < -0.3 is 20.1 Å². The molecule has 0 bridgehead atoms. The Balaban J connectivity index is 1.82. The quantitative estimate of drug-likeness (QED) is 0.804. The predicted octanol–water partition coefficient (Wildman–Crippen LogP) is 3.54. The van der Waals surface area contributed by atoms with Gasteiger partial charge in [-0.2, -0.15) is 0 Å². The summed E-state index contributed by atoms with van der Waals surface area (Å²) in [7, 11) is 3.21. The fraction of sp³-hybridized carbons (Fsp3) is 0.278. The van der Waals surface area contributed by atoms with Crippen molar-refractivity contribution in [3.63, 3.8) is 0 Å². The van der Waals surface area contributed by atoms with E-state index in [4.69, 9.17) is 21.1 Å². The minimum Gasteiger partial charge on any atom is -0.497 e. The third-order valence-corrected chi connectivity index (χ3v) is 3.94. The number of nitrogens with one attached hydrogen (secondary N) is 2. The van der Waals surface area contributed by atoms with Gasteiger partial charge in [0, 0.05) is 30.8 Å². The van der Waals surface area contributed by atoms with Crippen LogP contribution in [0.4, 0.5) is 4.79 Å². The van der Waals surface area contributed by atoms with Crippen LogP contribution in [0.25, 0.3) is 0 Å². The molecule has 0 fully saturated rings. The van der Waals surface area contributed by atoms with Crippen molar-refractivity contribution in [1.29, 1.82) is 0 Å². The molecule has 5 nitrogen and oxygen atoms in total. The lowest BCUT2D eigenvalue weighted by Gasteiger charge is -2.18. The first-order chi connectivity index (χ1) is 11.6. The molecule has 0 spiro atoms. The molecule has 2 aromatic carbocycles. The number of rotatable bonds is 7. The number of ether oxygens (including phenoxy) is 2. The summed E-state index contributed by atoms with van der Waals surface area (Å²) in [4.78, 5) is 11.9. The van der Waals surface area contributed by atoms with Crippen molar-refractivity contribution in [3.8, 4) is 5.75 Å². The van der Waals surface area contributed by atoms with Gasteiger partial charge in [0.2, 0.25) is 0 Å². The van der Waals surface area contributed by atoms with Gasteiger partial charge in [0.25, 0.3) is 0 Å². The van der Waals surface area contributed by atoms with Crippen LogP contribution >= 0.6 is 11.6 Å². The zero-order valence-electron chi connectivity index (χ0n) is 13.7. The zero-order chi connectivity index (χ0) is 17.4. The van der Waals surface area contributed by atoms with Gasteiger partial charge in [-0.05, 0) is 23.8 Å². The van der Waals surface area contributed by atoms with E-state index in [1.54, 1.807) is 20.3 Å². The molecule has 2 aromatic rings. The second kappa shape index (κ2) is 9.15. The fourth-order valence-electron chi connectivity index (χ4n) is 2.23. The second-order valence-electron chi connectivity index (χ2n) is 5.16. The summed E-state index contributed by atoms with van der Waals surface area (Å²) in [6, 6.07) is 14.7. The van der Waals surface area contributed by atoms with Crippen LogP contribution in [-0.2, 0) is 11.3 Å². The Morgan fingerprint density at radius 3 is 2.42 bits per heavy atom. The summed E-state index contributed by atoms with van der Waals surface area (Å²) < 4.78 is 10.5. The molecule has 0 aromatic heterocycles. The fourth-order valence-corrected chi connectivity index (χ4v) is 2.49. The highest BCUT2D eigenvalue weighted by atomic mass is 35.5. The average Bonchev–Trinajstić information content (AvgIpc) is 2.62. The molecule has 0 heterocycles. The second-order valence-corrected chi connectivity index (χ2v) is 5.56. The smallest absolute Gasteiger partial charge is 0.315 e. The van der Waals surface area contributed by atoms with Crippen LogP contribution in [0.1, 0.15) is 17.2 Å². The number of carbonyl (C=O) groups is 1. The standard InChI is InChI=1S/C18H21ClN2O3/c1-23-14-9-7-13(8-10-14)11-20-18(22)21-12-17(24-2)15-5-3-4-6-16(15)19/h3-10,17H,11-12H2,1-2H3,(H2,20,21,22). The van der Waals surface area contributed by atoms with Crippen LogP contribution in [0.3, 0.4) is 0 Å².